The third kappa shape index (κ3) is 5.21. The molecular weight excluding hydrogens is 614 g/mol. The van der Waals surface area contributed by atoms with Crippen molar-refractivity contribution in [2.75, 3.05) is 0 Å². The van der Waals surface area contributed by atoms with Crippen LogP contribution in [-0.4, -0.2) is 24.5 Å². The number of carbonyl (C=O) groups excluding carboxylic acids is 1. The highest BCUT2D eigenvalue weighted by Crippen LogP contribution is 2.39. The van der Waals surface area contributed by atoms with Crippen molar-refractivity contribution in [2.45, 2.75) is 24.7 Å². The Balaban J connectivity index is 1.62. The van der Waals surface area contributed by atoms with Gasteiger partial charge in [0.2, 0.25) is 0 Å². The van der Waals surface area contributed by atoms with Crippen LogP contribution in [0.1, 0.15) is 35.7 Å². The monoisotopic (exact) mass is 633 g/mol. The van der Waals surface area contributed by atoms with Gasteiger partial charge in [0.1, 0.15) is 17.2 Å². The molecule has 0 aliphatic carbocycles. The zero-order valence-electron chi connectivity index (χ0n) is 19.1. The van der Waals surface area contributed by atoms with Crippen molar-refractivity contribution in [1.29, 1.82) is 0 Å². The molecule has 0 saturated carbocycles. The summed E-state index contributed by atoms with van der Waals surface area (Å²) in [6.07, 6.45) is 0. The van der Waals surface area contributed by atoms with Crippen LogP contribution >= 0.6 is 31.9 Å². The van der Waals surface area contributed by atoms with Gasteiger partial charge in [0, 0.05) is 21.9 Å². The molecule has 0 heterocycles. The molecule has 0 unspecified atom stereocenters. The van der Waals surface area contributed by atoms with Gasteiger partial charge >= 0.3 is 0 Å². The summed E-state index contributed by atoms with van der Waals surface area (Å²) >= 11 is 6.78. The van der Waals surface area contributed by atoms with Gasteiger partial charge in [-0.15, -0.1) is 0 Å². The Morgan fingerprint density at radius 2 is 1.53 bits per heavy atom. The average Bonchev–Trinajstić information content (AvgIpc) is 2.81. The SMILES string of the molecule is CC(C)c1cc(Oc2c(Br)cc(C(=O)NS(=O)(=O)c3cccc4c(O)cccc34)cc2Br)ccc1O. The molecule has 4 aromatic rings. The summed E-state index contributed by atoms with van der Waals surface area (Å²) in [6, 6.07) is 16.8. The maximum absolute atomic E-state index is 13.1. The number of hydrogen-bond acceptors (Lipinski definition) is 6. The van der Waals surface area contributed by atoms with Crippen LogP contribution in [0.2, 0.25) is 0 Å². The molecule has 0 bridgehead atoms. The molecule has 7 nitrogen and oxygen atoms in total. The van der Waals surface area contributed by atoms with Crippen molar-refractivity contribution in [3.05, 3.63) is 86.8 Å². The van der Waals surface area contributed by atoms with Gasteiger partial charge in [-0.3, -0.25) is 4.79 Å². The second kappa shape index (κ2) is 10.1. The number of hydrogen-bond donors (Lipinski definition) is 3. The minimum Gasteiger partial charge on any atom is -0.508 e. The zero-order valence-corrected chi connectivity index (χ0v) is 23.1. The summed E-state index contributed by atoms with van der Waals surface area (Å²) in [6.45, 7) is 3.90. The van der Waals surface area contributed by atoms with Crippen LogP contribution < -0.4 is 9.46 Å². The number of nitrogens with one attached hydrogen (secondary N) is 1. The highest BCUT2D eigenvalue weighted by Gasteiger charge is 2.23. The number of aromatic hydroxyl groups is 2. The highest BCUT2D eigenvalue weighted by atomic mass is 79.9. The quantitative estimate of drug-likeness (QED) is 0.215. The molecule has 4 rings (SSSR count). The van der Waals surface area contributed by atoms with E-state index in [0.29, 0.717) is 31.2 Å². The van der Waals surface area contributed by atoms with E-state index in [1.54, 1.807) is 30.3 Å². The molecule has 0 aliphatic rings. The van der Waals surface area contributed by atoms with Crippen LogP contribution in [0, 0.1) is 0 Å². The third-order valence-corrected chi connectivity index (χ3v) is 8.04. The van der Waals surface area contributed by atoms with Crippen molar-refractivity contribution in [3.63, 3.8) is 0 Å². The molecule has 0 radical (unpaired) electrons. The van der Waals surface area contributed by atoms with E-state index >= 15 is 0 Å². The van der Waals surface area contributed by atoms with Crippen molar-refractivity contribution in [1.82, 2.24) is 4.72 Å². The molecule has 10 heteroatoms. The molecular formula is C26H21Br2NO6S. The van der Waals surface area contributed by atoms with E-state index in [1.807, 2.05) is 13.8 Å². The summed E-state index contributed by atoms with van der Waals surface area (Å²) in [5.74, 6) is 0.209. The molecule has 1 amide bonds. The molecule has 0 spiro atoms. The molecule has 0 aliphatic heterocycles. The molecule has 186 valence electrons. The summed E-state index contributed by atoms with van der Waals surface area (Å²) in [5.41, 5.74) is 0.795. The summed E-state index contributed by atoms with van der Waals surface area (Å²) in [4.78, 5) is 12.8. The minimum absolute atomic E-state index is 0.0616. The van der Waals surface area contributed by atoms with Gasteiger partial charge in [0.05, 0.1) is 13.8 Å². The van der Waals surface area contributed by atoms with Gasteiger partial charge in [-0.2, -0.15) is 0 Å². The van der Waals surface area contributed by atoms with Crippen LogP contribution in [0.5, 0.6) is 23.0 Å². The van der Waals surface area contributed by atoms with E-state index in [-0.39, 0.29) is 27.9 Å². The van der Waals surface area contributed by atoms with Gasteiger partial charge in [0.15, 0.2) is 5.75 Å². The second-order valence-electron chi connectivity index (χ2n) is 8.31. The van der Waals surface area contributed by atoms with E-state index in [4.69, 9.17) is 4.74 Å². The first-order valence-electron chi connectivity index (χ1n) is 10.8. The minimum atomic E-state index is -4.25. The fourth-order valence-corrected chi connectivity index (χ4v) is 6.25. The number of ether oxygens (including phenoxy) is 1. The standard InChI is InChI=1S/C26H21Br2NO6S/c1-14(2)19-13-16(9-10-23(19)31)35-25-20(27)11-15(12-21(25)28)26(32)29-36(33,34)24-8-4-5-17-18(24)6-3-7-22(17)30/h3-14,30-31H,1-2H3,(H,29,32). The van der Waals surface area contributed by atoms with Crippen molar-refractivity contribution < 1.29 is 28.2 Å². The first-order valence-corrected chi connectivity index (χ1v) is 13.8. The molecule has 4 aromatic carbocycles. The number of amides is 1. The Morgan fingerprint density at radius 1 is 0.889 bits per heavy atom. The summed E-state index contributed by atoms with van der Waals surface area (Å²) in [7, 11) is -4.25. The second-order valence-corrected chi connectivity index (χ2v) is 11.7. The first-order chi connectivity index (χ1) is 17.0. The molecule has 36 heavy (non-hydrogen) atoms. The fraction of sp³-hybridized carbons (Fsp3) is 0.115. The maximum Gasteiger partial charge on any atom is 0.265 e. The van der Waals surface area contributed by atoms with Crippen molar-refractivity contribution >= 4 is 58.6 Å². The first kappa shape index (κ1) is 26.0. The maximum atomic E-state index is 13.1. The average molecular weight is 635 g/mol. The van der Waals surface area contributed by atoms with Gasteiger partial charge in [-0.05, 0) is 80.2 Å². The predicted molar refractivity (Wildman–Crippen MR) is 144 cm³/mol. The molecule has 0 saturated heterocycles. The van der Waals surface area contributed by atoms with Crippen LogP contribution in [0.15, 0.2) is 80.6 Å². The Labute approximate surface area is 225 Å². The number of fused-ring (bicyclic) bond motifs is 1. The van der Waals surface area contributed by atoms with Crippen LogP contribution in [0.4, 0.5) is 0 Å². The molecule has 0 fully saturated rings. The van der Waals surface area contributed by atoms with Crippen LogP contribution in [-0.2, 0) is 10.0 Å². The van der Waals surface area contributed by atoms with Gasteiger partial charge in [-0.1, -0.05) is 38.1 Å². The lowest BCUT2D eigenvalue weighted by atomic mass is 10.0. The number of phenolic OH excluding ortho intramolecular Hbond substituents is 2. The number of rotatable bonds is 6. The van der Waals surface area contributed by atoms with Gasteiger partial charge in [-0.25, -0.2) is 13.1 Å². The largest absolute Gasteiger partial charge is 0.508 e. The fourth-order valence-electron chi connectivity index (χ4n) is 3.70. The summed E-state index contributed by atoms with van der Waals surface area (Å²) in [5, 5.41) is 20.7. The van der Waals surface area contributed by atoms with E-state index < -0.39 is 15.9 Å². The Bertz CT molecular complexity index is 1580. The van der Waals surface area contributed by atoms with E-state index in [1.165, 1.54) is 36.4 Å². The topological polar surface area (TPSA) is 113 Å². The number of halogens is 2. The van der Waals surface area contributed by atoms with Crippen LogP contribution in [0.3, 0.4) is 0 Å². The van der Waals surface area contributed by atoms with Crippen LogP contribution in [0.25, 0.3) is 10.8 Å². The Morgan fingerprint density at radius 3 is 2.19 bits per heavy atom. The van der Waals surface area contributed by atoms with Crippen molar-refractivity contribution in [3.8, 4) is 23.0 Å². The smallest absolute Gasteiger partial charge is 0.265 e. The summed E-state index contributed by atoms with van der Waals surface area (Å²) < 4.78 is 35.0. The Hall–Kier alpha value is -3.08. The highest BCUT2D eigenvalue weighted by molar-refractivity contribution is 9.11. The Kier molecular flexibility index (Phi) is 7.31. The van der Waals surface area contributed by atoms with E-state index in [2.05, 4.69) is 36.6 Å². The number of carbonyl (C=O) groups is 1. The predicted octanol–water partition coefficient (Wildman–Crippen LogP) is 6.81. The van der Waals surface area contributed by atoms with E-state index in [0.717, 1.165) is 5.56 Å². The van der Waals surface area contributed by atoms with E-state index in [9.17, 15) is 23.4 Å². The number of benzene rings is 4. The molecule has 0 atom stereocenters. The zero-order chi connectivity index (χ0) is 26.2. The molecule has 0 aromatic heterocycles. The number of phenols is 2. The third-order valence-electron chi connectivity index (χ3n) is 5.48. The van der Waals surface area contributed by atoms with Gasteiger partial charge in [0.25, 0.3) is 15.9 Å². The lowest BCUT2D eigenvalue weighted by molar-refractivity contribution is 0.0981. The lowest BCUT2D eigenvalue weighted by Crippen LogP contribution is -2.30. The normalized spacial score (nSPS) is 11.6. The molecule has 3 N–H and O–H groups in total. The lowest BCUT2D eigenvalue weighted by Gasteiger charge is -2.15. The number of sulfonamides is 1. The van der Waals surface area contributed by atoms with Gasteiger partial charge < -0.3 is 14.9 Å². The van der Waals surface area contributed by atoms with Crippen molar-refractivity contribution in [2.24, 2.45) is 0 Å².